The Hall–Kier alpha value is -3.32. The van der Waals surface area contributed by atoms with Gasteiger partial charge < -0.3 is 23.7 Å². The molecule has 0 radical (unpaired) electrons. The van der Waals surface area contributed by atoms with Gasteiger partial charge in [0.1, 0.15) is 0 Å². The number of benzene rings is 4. The second-order valence-electron chi connectivity index (χ2n) is 13.5. The third kappa shape index (κ3) is 12.0. The van der Waals surface area contributed by atoms with Gasteiger partial charge in [0.15, 0.2) is 0 Å². The van der Waals surface area contributed by atoms with Gasteiger partial charge in [-0.2, -0.15) is 0 Å². The van der Waals surface area contributed by atoms with E-state index in [0.717, 1.165) is 25.7 Å². The highest BCUT2D eigenvalue weighted by Crippen LogP contribution is 2.30. The average molecular weight is 637 g/mol. The zero-order valence-electron chi connectivity index (χ0n) is 28.6. The Bertz CT molecular complexity index is 1460. The highest BCUT2D eigenvalue weighted by atomic mass is 16.6. The maximum Gasteiger partial charge on any atom is 0.0701 e. The quantitative estimate of drug-likeness (QED) is 0.174. The summed E-state index contributed by atoms with van der Waals surface area (Å²) in [5, 5.41) is 0. The van der Waals surface area contributed by atoms with Crippen LogP contribution in [0.5, 0.6) is 0 Å². The second-order valence-corrected chi connectivity index (χ2v) is 13.5. The van der Waals surface area contributed by atoms with E-state index in [-0.39, 0.29) is 5.41 Å². The van der Waals surface area contributed by atoms with Crippen LogP contribution in [0.3, 0.4) is 0 Å². The minimum atomic E-state index is 0.132. The van der Waals surface area contributed by atoms with Gasteiger partial charge in [-0.05, 0) is 81.2 Å². The van der Waals surface area contributed by atoms with E-state index in [1.54, 1.807) is 0 Å². The lowest BCUT2D eigenvalue weighted by atomic mass is 9.81. The van der Waals surface area contributed by atoms with Crippen molar-refractivity contribution >= 4 is 0 Å². The minimum Gasteiger partial charge on any atom is -0.377 e. The van der Waals surface area contributed by atoms with Crippen molar-refractivity contribution in [1.82, 2.24) is 0 Å². The maximum absolute atomic E-state index is 5.28. The van der Waals surface area contributed by atoms with Crippen molar-refractivity contribution < 1.29 is 23.7 Å². The largest absolute Gasteiger partial charge is 0.377 e. The van der Waals surface area contributed by atoms with E-state index < -0.39 is 0 Å². The maximum atomic E-state index is 5.28. The van der Waals surface area contributed by atoms with Gasteiger partial charge in [-0.25, -0.2) is 0 Å². The van der Waals surface area contributed by atoms with Crippen molar-refractivity contribution in [1.29, 1.82) is 0 Å². The molecule has 1 fully saturated rings. The standard InChI is InChI=1S/C32H32.C10H20O5/c1-32(2,3)31-14-13-29-20-27-10-5-9-25(18-27)16-23-7-4-8-24(15-23)17-26-11-6-12-28(19-26)21-30(31)22-29;1-2-12-5-6-14-9-10-15-8-7-13-4-3-11-1/h4-15,18-19,22H,16-17,20-21H2,1-3H3;1-10H2. The lowest BCUT2D eigenvalue weighted by Gasteiger charge is -2.24. The molecular weight excluding hydrogens is 584 g/mol. The first-order valence-electron chi connectivity index (χ1n) is 17.2. The van der Waals surface area contributed by atoms with Crippen molar-refractivity contribution in [3.63, 3.8) is 0 Å². The molecule has 0 atom stereocenters. The topological polar surface area (TPSA) is 46.2 Å². The molecule has 5 nitrogen and oxygen atoms in total. The Kier molecular flexibility index (Phi) is 13.6. The first-order chi connectivity index (χ1) is 22.9. The lowest BCUT2D eigenvalue weighted by molar-refractivity contribution is 0.00206. The third-order valence-corrected chi connectivity index (χ3v) is 8.43. The number of fused-ring (bicyclic) bond motifs is 8. The predicted molar refractivity (Wildman–Crippen MR) is 190 cm³/mol. The number of hydrogen-bond acceptors (Lipinski definition) is 5. The average Bonchev–Trinajstić information content (AvgIpc) is 3.05. The molecule has 2 aliphatic rings. The molecule has 250 valence electrons. The molecule has 0 unspecified atom stereocenters. The van der Waals surface area contributed by atoms with E-state index >= 15 is 0 Å². The van der Waals surface area contributed by atoms with E-state index in [1.165, 1.54) is 50.1 Å². The molecule has 4 aromatic carbocycles. The molecule has 6 rings (SSSR count). The number of rotatable bonds is 0. The van der Waals surface area contributed by atoms with Gasteiger partial charge >= 0.3 is 0 Å². The Morgan fingerprint density at radius 3 is 0.979 bits per heavy atom. The summed E-state index contributed by atoms with van der Waals surface area (Å²) in [5.41, 5.74) is 12.8. The van der Waals surface area contributed by atoms with Crippen molar-refractivity contribution in [3.8, 4) is 0 Å². The monoisotopic (exact) mass is 636 g/mol. The van der Waals surface area contributed by atoms with Crippen LogP contribution in [0.2, 0.25) is 0 Å². The molecule has 0 saturated carbocycles. The van der Waals surface area contributed by atoms with Gasteiger partial charge in [0.05, 0.1) is 66.1 Å². The van der Waals surface area contributed by atoms with E-state index in [2.05, 4.69) is 112 Å². The zero-order chi connectivity index (χ0) is 32.7. The van der Waals surface area contributed by atoms with E-state index in [4.69, 9.17) is 23.7 Å². The fourth-order valence-corrected chi connectivity index (χ4v) is 6.21. The van der Waals surface area contributed by atoms with Gasteiger partial charge in [-0.3, -0.25) is 0 Å². The summed E-state index contributed by atoms with van der Waals surface area (Å²) in [5.74, 6) is 0. The van der Waals surface area contributed by atoms with Crippen LogP contribution in [-0.4, -0.2) is 66.1 Å². The van der Waals surface area contributed by atoms with Crippen LogP contribution >= 0.6 is 0 Å². The first-order valence-corrected chi connectivity index (χ1v) is 17.2. The molecule has 1 heterocycles. The molecule has 1 aliphatic carbocycles. The molecule has 0 aromatic heterocycles. The number of hydrogen-bond donors (Lipinski definition) is 0. The fraction of sp³-hybridized carbons (Fsp3) is 0.429. The third-order valence-electron chi connectivity index (χ3n) is 8.43. The van der Waals surface area contributed by atoms with Gasteiger partial charge in [0.2, 0.25) is 0 Å². The zero-order valence-corrected chi connectivity index (χ0v) is 28.6. The van der Waals surface area contributed by atoms with Crippen molar-refractivity contribution in [2.45, 2.75) is 51.9 Å². The van der Waals surface area contributed by atoms with Crippen LogP contribution in [0.4, 0.5) is 0 Å². The first kappa shape index (κ1) is 35.0. The Balaban J connectivity index is 0.000000244. The van der Waals surface area contributed by atoms with Gasteiger partial charge in [-0.15, -0.1) is 0 Å². The normalized spacial score (nSPS) is 16.9. The van der Waals surface area contributed by atoms with Gasteiger partial charge in [0.25, 0.3) is 0 Å². The SMILES string of the molecule is C1COCCOCCOCCOCCO1.CC(C)(C)c1ccc2cc1Cc1cccc(c1)Cc1cccc(c1)Cc1cccc(c1)C2. The molecule has 1 aliphatic heterocycles. The van der Waals surface area contributed by atoms with Crippen LogP contribution in [-0.2, 0) is 54.8 Å². The summed E-state index contributed by atoms with van der Waals surface area (Å²) >= 11 is 0. The van der Waals surface area contributed by atoms with Gasteiger partial charge in [0, 0.05) is 0 Å². The van der Waals surface area contributed by atoms with Crippen LogP contribution < -0.4 is 0 Å². The molecule has 4 aromatic rings. The molecule has 5 heteroatoms. The molecule has 8 bridgehead atoms. The highest BCUT2D eigenvalue weighted by molar-refractivity contribution is 5.43. The van der Waals surface area contributed by atoms with E-state index in [9.17, 15) is 0 Å². The smallest absolute Gasteiger partial charge is 0.0701 e. The van der Waals surface area contributed by atoms with Crippen molar-refractivity contribution in [2.24, 2.45) is 0 Å². The Morgan fingerprint density at radius 1 is 0.362 bits per heavy atom. The minimum absolute atomic E-state index is 0.132. The summed E-state index contributed by atoms with van der Waals surface area (Å²) in [6.07, 6.45) is 3.92. The number of ether oxygens (including phenoxy) is 5. The van der Waals surface area contributed by atoms with Crippen molar-refractivity contribution in [2.75, 3.05) is 66.1 Å². The van der Waals surface area contributed by atoms with Crippen LogP contribution in [0, 0.1) is 0 Å². The Morgan fingerprint density at radius 2 is 0.660 bits per heavy atom. The molecule has 0 spiro atoms. The predicted octanol–water partition coefficient (Wildman–Crippen LogP) is 7.74. The molecular formula is C42H52O5. The fourth-order valence-electron chi connectivity index (χ4n) is 6.21. The van der Waals surface area contributed by atoms with Crippen LogP contribution in [0.25, 0.3) is 0 Å². The summed E-state index contributed by atoms with van der Waals surface area (Å²) in [6, 6.07) is 34.6. The van der Waals surface area contributed by atoms with Crippen LogP contribution in [0.1, 0.15) is 70.8 Å². The molecule has 1 saturated heterocycles. The highest BCUT2D eigenvalue weighted by Gasteiger charge is 2.19. The lowest BCUT2D eigenvalue weighted by Crippen LogP contribution is -2.15. The van der Waals surface area contributed by atoms with Crippen LogP contribution in [0.15, 0.2) is 91.0 Å². The molecule has 0 amide bonds. The van der Waals surface area contributed by atoms with E-state index in [1.807, 2.05) is 0 Å². The molecule has 0 N–H and O–H groups in total. The Labute approximate surface area is 282 Å². The van der Waals surface area contributed by atoms with Gasteiger partial charge in [-0.1, -0.05) is 112 Å². The van der Waals surface area contributed by atoms with Crippen molar-refractivity contribution in [3.05, 3.63) is 141 Å². The molecule has 47 heavy (non-hydrogen) atoms. The summed E-state index contributed by atoms with van der Waals surface area (Å²) < 4.78 is 26.4. The summed E-state index contributed by atoms with van der Waals surface area (Å²) in [6.45, 7) is 13.1. The second kappa shape index (κ2) is 18.3. The summed E-state index contributed by atoms with van der Waals surface area (Å²) in [4.78, 5) is 0. The summed E-state index contributed by atoms with van der Waals surface area (Å²) in [7, 11) is 0. The van der Waals surface area contributed by atoms with E-state index in [0.29, 0.717) is 66.1 Å².